The highest BCUT2D eigenvalue weighted by Gasteiger charge is 2.11. The molecule has 0 N–H and O–H groups in total. The third-order valence-electron chi connectivity index (χ3n) is 11.1. The second-order valence-corrected chi connectivity index (χ2v) is 14.8. The summed E-state index contributed by atoms with van der Waals surface area (Å²) < 4.78 is 0. The minimum atomic E-state index is 0.0583. The number of pyridine rings is 4. The maximum Gasteiger partial charge on any atom is 0.0894 e. The van der Waals surface area contributed by atoms with Crippen LogP contribution in [-0.2, 0) is 0 Å². The van der Waals surface area contributed by atoms with E-state index in [9.17, 15) is 0 Å². The molecule has 0 bridgehead atoms. The van der Waals surface area contributed by atoms with E-state index in [0.717, 1.165) is 99.8 Å². The van der Waals surface area contributed by atoms with E-state index in [1.165, 1.54) is 5.56 Å². The first-order valence-electron chi connectivity index (χ1n) is 19.6. The quantitative estimate of drug-likeness (QED) is 0.145. The van der Waals surface area contributed by atoms with Crippen LogP contribution in [0.2, 0.25) is 0 Å². The number of hydrogen-bond donors (Lipinski definition) is 0. The van der Waals surface area contributed by atoms with Crippen molar-refractivity contribution >= 4 is 49.7 Å². The summed E-state index contributed by atoms with van der Waals surface area (Å²) in [4.78, 5) is 20.0. The predicted molar refractivity (Wildman–Crippen MR) is 243 cm³/mol. The first-order chi connectivity index (χ1) is 28.6. The highest BCUT2D eigenvalue weighted by molar-refractivity contribution is 5.91. The summed E-state index contributed by atoms with van der Waals surface area (Å²) >= 11 is 0. The Bertz CT molecular complexity index is 3200. The van der Waals surface area contributed by atoms with Crippen molar-refractivity contribution in [1.29, 1.82) is 0 Å². The normalized spacial score (nSPS) is 12.2. The Hall–Kier alpha value is -7.56. The molecule has 4 heteroatoms. The Morgan fingerprint density at radius 2 is 0.983 bits per heavy atom. The van der Waals surface area contributed by atoms with Crippen molar-refractivity contribution in [2.75, 3.05) is 0 Å². The van der Waals surface area contributed by atoms with Crippen LogP contribution in [0.5, 0.6) is 0 Å². The number of benzene rings is 6. The number of para-hydroxylation sites is 1. The van der Waals surface area contributed by atoms with Crippen molar-refractivity contribution < 1.29 is 0 Å². The summed E-state index contributed by atoms with van der Waals surface area (Å²) in [7, 11) is 0. The van der Waals surface area contributed by atoms with E-state index in [1.54, 1.807) is 0 Å². The van der Waals surface area contributed by atoms with Crippen LogP contribution in [0.3, 0.4) is 0 Å². The summed E-state index contributed by atoms with van der Waals surface area (Å²) in [5.41, 5.74) is 15.5. The highest BCUT2D eigenvalue weighted by Crippen LogP contribution is 2.32. The second kappa shape index (κ2) is 14.8. The maximum absolute atomic E-state index is 5.07. The first-order valence-corrected chi connectivity index (χ1v) is 19.6. The van der Waals surface area contributed by atoms with Gasteiger partial charge in [-0.25, -0.2) is 19.9 Å². The van der Waals surface area contributed by atoms with E-state index in [0.29, 0.717) is 0 Å². The number of aromatic nitrogens is 4. The van der Waals surface area contributed by atoms with Crippen molar-refractivity contribution in [2.24, 2.45) is 0 Å². The minimum Gasteiger partial charge on any atom is -0.248 e. The Morgan fingerprint density at radius 1 is 0.431 bits per heavy atom. The Labute approximate surface area is 337 Å². The van der Waals surface area contributed by atoms with Crippen LogP contribution >= 0.6 is 0 Å². The smallest absolute Gasteiger partial charge is 0.0894 e. The average Bonchev–Trinajstić information content (AvgIpc) is 3.29. The van der Waals surface area contributed by atoms with Gasteiger partial charge in [-0.05, 0) is 83.3 Å². The van der Waals surface area contributed by atoms with Crippen LogP contribution in [0.4, 0.5) is 0 Å². The zero-order valence-electron chi connectivity index (χ0n) is 32.0. The van der Waals surface area contributed by atoms with Gasteiger partial charge in [0, 0.05) is 38.6 Å². The molecule has 0 radical (unpaired) electrons. The number of nitrogens with zero attached hydrogens (tertiary/aromatic N) is 4. The zero-order valence-corrected chi connectivity index (χ0v) is 32.0. The molecule has 4 heterocycles. The van der Waals surface area contributed by atoms with Gasteiger partial charge in [-0.1, -0.05) is 146 Å². The molecule has 1 atom stereocenters. The second-order valence-electron chi connectivity index (χ2n) is 14.8. The zero-order chi connectivity index (χ0) is 39.0. The van der Waals surface area contributed by atoms with Gasteiger partial charge in [0.1, 0.15) is 0 Å². The lowest BCUT2D eigenvalue weighted by Gasteiger charge is -2.11. The lowest BCUT2D eigenvalue weighted by Crippen LogP contribution is -1.93. The van der Waals surface area contributed by atoms with E-state index in [1.807, 2.05) is 42.5 Å². The molecule has 1 unspecified atom stereocenters. The third-order valence-corrected chi connectivity index (χ3v) is 11.1. The Morgan fingerprint density at radius 3 is 1.79 bits per heavy atom. The van der Waals surface area contributed by atoms with E-state index < -0.39 is 0 Å². The molecule has 0 spiro atoms. The molecule has 0 aliphatic heterocycles. The Kier molecular flexibility index (Phi) is 8.92. The molecule has 10 aromatic rings. The topological polar surface area (TPSA) is 51.6 Å². The van der Waals surface area contributed by atoms with Crippen molar-refractivity contribution in [3.63, 3.8) is 0 Å². The maximum atomic E-state index is 5.07. The highest BCUT2D eigenvalue weighted by atomic mass is 14.8. The van der Waals surface area contributed by atoms with Crippen molar-refractivity contribution in [1.82, 2.24) is 19.9 Å². The molecule has 10 rings (SSSR count). The van der Waals surface area contributed by atoms with E-state index in [4.69, 9.17) is 19.9 Å². The van der Waals surface area contributed by atoms with Crippen LogP contribution in [0.25, 0.3) is 94.7 Å². The standard InChI is InChI=1S/C54H38N4/c1-3-36(13-14-37-15-21-43-25-28-49(58-54(43)35(37)2)39-9-5-4-6-10-39)38-16-18-41(19-17-38)48-30-27-46-33-44(26-29-50(46)55-48)45-22-20-42-24-32-52(57-53(42)34-45)51-31-23-40-11-7-8-12-47(40)56-51/h3-34,36H,1H2,2H3/b14-13-. The molecule has 4 aromatic heterocycles. The van der Waals surface area contributed by atoms with Crippen LogP contribution in [-0.4, -0.2) is 19.9 Å². The van der Waals surface area contributed by atoms with Gasteiger partial charge in [0.15, 0.2) is 0 Å². The van der Waals surface area contributed by atoms with Crippen LogP contribution in [0, 0.1) is 6.92 Å². The fourth-order valence-corrected chi connectivity index (χ4v) is 7.82. The van der Waals surface area contributed by atoms with Crippen molar-refractivity contribution in [3.8, 4) is 45.0 Å². The molecule has 0 aliphatic carbocycles. The number of rotatable bonds is 8. The minimum absolute atomic E-state index is 0.0583. The van der Waals surface area contributed by atoms with Crippen molar-refractivity contribution in [2.45, 2.75) is 12.8 Å². The van der Waals surface area contributed by atoms with Crippen molar-refractivity contribution in [3.05, 3.63) is 211 Å². The summed E-state index contributed by atoms with van der Waals surface area (Å²) in [6.07, 6.45) is 6.40. The Balaban J connectivity index is 0.871. The monoisotopic (exact) mass is 742 g/mol. The fourth-order valence-electron chi connectivity index (χ4n) is 7.82. The third kappa shape index (κ3) is 6.71. The lowest BCUT2D eigenvalue weighted by atomic mass is 9.95. The molecular formula is C54H38N4. The first kappa shape index (κ1) is 34.9. The SMILES string of the molecule is C=CC(/C=C\c1ccc2ccc(-c3ccccc3)nc2c1C)c1ccc(-c2ccc3cc(-c4ccc5ccc(-c6ccc7ccccc7n6)nc5c4)ccc3n2)cc1. The van der Waals surface area contributed by atoms with Gasteiger partial charge in [0.2, 0.25) is 0 Å². The van der Waals surface area contributed by atoms with Gasteiger partial charge in [-0.2, -0.15) is 0 Å². The number of fused-ring (bicyclic) bond motifs is 4. The summed E-state index contributed by atoms with van der Waals surface area (Å²) in [5, 5.41) is 4.45. The number of hydrogen-bond acceptors (Lipinski definition) is 4. The van der Waals surface area contributed by atoms with Gasteiger partial charge in [0.05, 0.1) is 44.8 Å². The van der Waals surface area contributed by atoms with Crippen LogP contribution < -0.4 is 0 Å². The number of allylic oxidation sites excluding steroid dienone is 2. The molecule has 0 saturated carbocycles. The van der Waals surface area contributed by atoms with E-state index in [-0.39, 0.29) is 5.92 Å². The molecule has 0 aliphatic rings. The average molecular weight is 743 g/mol. The van der Waals surface area contributed by atoms with Gasteiger partial charge in [-0.3, -0.25) is 0 Å². The molecule has 58 heavy (non-hydrogen) atoms. The number of aryl methyl sites for hydroxylation is 1. The molecule has 6 aromatic carbocycles. The van der Waals surface area contributed by atoms with Gasteiger partial charge in [-0.15, -0.1) is 6.58 Å². The summed E-state index contributed by atoms with van der Waals surface area (Å²) in [6.45, 7) is 6.32. The van der Waals surface area contributed by atoms with E-state index >= 15 is 0 Å². The van der Waals surface area contributed by atoms with Crippen LogP contribution in [0.1, 0.15) is 22.6 Å². The molecular weight excluding hydrogens is 705 g/mol. The summed E-state index contributed by atoms with van der Waals surface area (Å²) in [5.74, 6) is 0.0583. The summed E-state index contributed by atoms with van der Waals surface area (Å²) in [6, 6.07) is 61.3. The molecule has 0 fully saturated rings. The van der Waals surface area contributed by atoms with E-state index in [2.05, 4.69) is 165 Å². The van der Waals surface area contributed by atoms with Crippen LogP contribution in [0.15, 0.2) is 195 Å². The predicted octanol–water partition coefficient (Wildman–Crippen LogP) is 13.8. The fraction of sp³-hybridized carbons (Fsp3) is 0.0370. The molecule has 0 saturated heterocycles. The largest absolute Gasteiger partial charge is 0.248 e. The lowest BCUT2D eigenvalue weighted by molar-refractivity contribution is 1.09. The van der Waals surface area contributed by atoms with Gasteiger partial charge in [0.25, 0.3) is 0 Å². The molecule has 0 amide bonds. The van der Waals surface area contributed by atoms with Gasteiger partial charge < -0.3 is 0 Å². The van der Waals surface area contributed by atoms with Gasteiger partial charge >= 0.3 is 0 Å². The molecule has 274 valence electrons. The molecule has 4 nitrogen and oxygen atoms in total.